The Morgan fingerprint density at radius 1 is 1.08 bits per heavy atom. The van der Waals surface area contributed by atoms with E-state index in [0.29, 0.717) is 6.54 Å². The normalized spacial score (nSPS) is 16.3. The standard InChI is InChI=1S/C22H29N3O/c1-17(21(23)18-10-4-3-5-11-18)22(26)24(2)16-19-12-6-7-13-20(19)25-14-8-9-15-25/h3-7,10-13,17,21H,8-9,14-16,23H2,1-2H3. The Labute approximate surface area is 156 Å². The number of anilines is 1. The Balaban J connectivity index is 1.70. The zero-order valence-electron chi connectivity index (χ0n) is 15.8. The van der Waals surface area contributed by atoms with E-state index < -0.39 is 0 Å². The fourth-order valence-electron chi connectivity index (χ4n) is 3.71. The van der Waals surface area contributed by atoms with Crippen molar-refractivity contribution in [1.82, 2.24) is 4.90 Å². The zero-order valence-corrected chi connectivity index (χ0v) is 15.8. The van der Waals surface area contributed by atoms with Crippen molar-refractivity contribution in [3.8, 4) is 0 Å². The van der Waals surface area contributed by atoms with Crippen LogP contribution in [0.15, 0.2) is 54.6 Å². The van der Waals surface area contributed by atoms with Crippen molar-refractivity contribution in [2.45, 2.75) is 32.4 Å². The minimum atomic E-state index is -0.292. The summed E-state index contributed by atoms with van der Waals surface area (Å²) >= 11 is 0. The van der Waals surface area contributed by atoms with Crippen LogP contribution in [0, 0.1) is 5.92 Å². The summed E-state index contributed by atoms with van der Waals surface area (Å²) < 4.78 is 0. The molecule has 1 aliphatic heterocycles. The maximum Gasteiger partial charge on any atom is 0.227 e. The molecule has 0 aliphatic carbocycles. The third-order valence-corrected chi connectivity index (χ3v) is 5.33. The highest BCUT2D eigenvalue weighted by Gasteiger charge is 2.26. The second-order valence-corrected chi connectivity index (χ2v) is 7.24. The van der Waals surface area contributed by atoms with Crippen LogP contribution in [0.1, 0.15) is 36.9 Å². The summed E-state index contributed by atoms with van der Waals surface area (Å²) in [6.45, 7) is 4.73. The first-order valence-corrected chi connectivity index (χ1v) is 9.46. The summed E-state index contributed by atoms with van der Waals surface area (Å²) in [6, 6.07) is 18.0. The molecular formula is C22H29N3O. The molecule has 2 unspecified atom stereocenters. The lowest BCUT2D eigenvalue weighted by atomic mass is 9.94. The molecule has 1 heterocycles. The highest BCUT2D eigenvalue weighted by molar-refractivity contribution is 5.79. The Kier molecular flexibility index (Phi) is 5.94. The van der Waals surface area contributed by atoms with Crippen molar-refractivity contribution in [3.05, 3.63) is 65.7 Å². The van der Waals surface area contributed by atoms with Crippen LogP contribution in [0.3, 0.4) is 0 Å². The number of carbonyl (C=O) groups excluding carboxylic acids is 1. The molecule has 138 valence electrons. The molecule has 2 aromatic rings. The van der Waals surface area contributed by atoms with Gasteiger partial charge in [0.05, 0.1) is 5.92 Å². The van der Waals surface area contributed by atoms with Gasteiger partial charge in [-0.05, 0) is 30.0 Å². The van der Waals surface area contributed by atoms with Gasteiger partial charge >= 0.3 is 0 Å². The van der Waals surface area contributed by atoms with Crippen LogP contribution >= 0.6 is 0 Å². The van der Waals surface area contributed by atoms with E-state index in [2.05, 4.69) is 23.1 Å². The van der Waals surface area contributed by atoms with E-state index in [9.17, 15) is 4.79 Å². The number of para-hydroxylation sites is 1. The molecule has 2 atom stereocenters. The molecule has 4 heteroatoms. The van der Waals surface area contributed by atoms with Crippen LogP contribution in [-0.2, 0) is 11.3 Å². The molecule has 1 amide bonds. The molecular weight excluding hydrogens is 322 g/mol. The zero-order chi connectivity index (χ0) is 18.5. The maximum atomic E-state index is 12.9. The number of amides is 1. The largest absolute Gasteiger partial charge is 0.371 e. The molecule has 0 saturated carbocycles. The van der Waals surface area contributed by atoms with E-state index in [0.717, 1.165) is 18.7 Å². The molecule has 0 spiro atoms. The fraction of sp³-hybridized carbons (Fsp3) is 0.409. The number of rotatable bonds is 6. The third-order valence-electron chi connectivity index (χ3n) is 5.33. The highest BCUT2D eigenvalue weighted by atomic mass is 16.2. The first-order valence-electron chi connectivity index (χ1n) is 9.46. The molecule has 4 nitrogen and oxygen atoms in total. The smallest absolute Gasteiger partial charge is 0.227 e. The highest BCUT2D eigenvalue weighted by Crippen LogP contribution is 2.27. The SMILES string of the molecule is CC(C(=O)N(C)Cc1ccccc1N1CCCC1)C(N)c1ccccc1. The first-order chi connectivity index (χ1) is 12.6. The Bertz CT molecular complexity index is 725. The lowest BCUT2D eigenvalue weighted by Crippen LogP contribution is -2.37. The van der Waals surface area contributed by atoms with Crippen LogP contribution in [0.2, 0.25) is 0 Å². The summed E-state index contributed by atoms with van der Waals surface area (Å²) in [6.07, 6.45) is 2.48. The number of hydrogen-bond donors (Lipinski definition) is 1. The summed E-state index contributed by atoms with van der Waals surface area (Å²) in [5, 5.41) is 0. The summed E-state index contributed by atoms with van der Waals surface area (Å²) in [7, 11) is 1.87. The van der Waals surface area contributed by atoms with Gasteiger partial charge in [-0.2, -0.15) is 0 Å². The van der Waals surface area contributed by atoms with Crippen LogP contribution in [0.25, 0.3) is 0 Å². The van der Waals surface area contributed by atoms with Crippen molar-refractivity contribution < 1.29 is 4.79 Å². The average Bonchev–Trinajstić information content (AvgIpc) is 3.22. The van der Waals surface area contributed by atoms with E-state index in [1.807, 2.05) is 55.3 Å². The van der Waals surface area contributed by atoms with Crippen LogP contribution < -0.4 is 10.6 Å². The number of nitrogens with zero attached hydrogens (tertiary/aromatic N) is 2. The lowest BCUT2D eigenvalue weighted by Gasteiger charge is -2.28. The van der Waals surface area contributed by atoms with Gasteiger partial charge in [0, 0.05) is 38.4 Å². The Morgan fingerprint density at radius 3 is 2.38 bits per heavy atom. The predicted molar refractivity (Wildman–Crippen MR) is 107 cm³/mol. The second kappa shape index (κ2) is 8.37. The quantitative estimate of drug-likeness (QED) is 0.865. The topological polar surface area (TPSA) is 49.6 Å². The van der Waals surface area contributed by atoms with Crippen molar-refractivity contribution in [1.29, 1.82) is 0 Å². The van der Waals surface area contributed by atoms with Gasteiger partial charge in [0.15, 0.2) is 0 Å². The summed E-state index contributed by atoms with van der Waals surface area (Å²) in [5.41, 5.74) is 9.80. The minimum absolute atomic E-state index is 0.0811. The minimum Gasteiger partial charge on any atom is -0.371 e. The number of hydrogen-bond acceptors (Lipinski definition) is 3. The van der Waals surface area contributed by atoms with E-state index in [4.69, 9.17) is 5.73 Å². The van der Waals surface area contributed by atoms with Crippen molar-refractivity contribution in [2.75, 3.05) is 25.0 Å². The molecule has 1 fully saturated rings. The maximum absolute atomic E-state index is 12.9. The molecule has 1 saturated heterocycles. The molecule has 3 rings (SSSR count). The van der Waals surface area contributed by atoms with Gasteiger partial charge < -0.3 is 15.5 Å². The van der Waals surface area contributed by atoms with Gasteiger partial charge in [-0.3, -0.25) is 4.79 Å². The van der Waals surface area contributed by atoms with Crippen LogP contribution in [0.4, 0.5) is 5.69 Å². The number of nitrogens with two attached hydrogens (primary N) is 1. The lowest BCUT2D eigenvalue weighted by molar-refractivity contribution is -0.134. The molecule has 26 heavy (non-hydrogen) atoms. The molecule has 0 radical (unpaired) electrons. The van der Waals surface area contributed by atoms with Gasteiger partial charge in [-0.25, -0.2) is 0 Å². The molecule has 2 aromatic carbocycles. The molecule has 2 N–H and O–H groups in total. The van der Waals surface area contributed by atoms with E-state index in [1.54, 1.807) is 0 Å². The van der Waals surface area contributed by atoms with E-state index in [-0.39, 0.29) is 17.9 Å². The summed E-state index contributed by atoms with van der Waals surface area (Å²) in [4.78, 5) is 17.2. The van der Waals surface area contributed by atoms with Crippen molar-refractivity contribution in [3.63, 3.8) is 0 Å². The van der Waals surface area contributed by atoms with Crippen LogP contribution in [0.5, 0.6) is 0 Å². The van der Waals surface area contributed by atoms with Gasteiger partial charge in [0.2, 0.25) is 5.91 Å². The van der Waals surface area contributed by atoms with Crippen molar-refractivity contribution in [2.24, 2.45) is 11.7 Å². The van der Waals surface area contributed by atoms with E-state index >= 15 is 0 Å². The van der Waals surface area contributed by atoms with Gasteiger partial charge in [-0.1, -0.05) is 55.5 Å². The van der Waals surface area contributed by atoms with Crippen LogP contribution in [-0.4, -0.2) is 30.9 Å². The van der Waals surface area contributed by atoms with E-state index in [1.165, 1.54) is 24.1 Å². The predicted octanol–water partition coefficient (Wildman–Crippen LogP) is 3.58. The average molecular weight is 351 g/mol. The first kappa shape index (κ1) is 18.5. The monoisotopic (exact) mass is 351 g/mol. The number of carbonyl (C=O) groups is 1. The van der Waals surface area contributed by atoms with Gasteiger partial charge in [0.25, 0.3) is 0 Å². The fourth-order valence-corrected chi connectivity index (χ4v) is 3.71. The molecule has 0 aromatic heterocycles. The van der Waals surface area contributed by atoms with Crippen molar-refractivity contribution >= 4 is 11.6 Å². The van der Waals surface area contributed by atoms with Gasteiger partial charge in [-0.15, -0.1) is 0 Å². The molecule has 0 bridgehead atoms. The Morgan fingerprint density at radius 2 is 1.69 bits per heavy atom. The summed E-state index contributed by atoms with van der Waals surface area (Å²) in [5.74, 6) is -0.182. The second-order valence-electron chi connectivity index (χ2n) is 7.24. The molecule has 1 aliphatic rings. The number of benzene rings is 2. The van der Waals surface area contributed by atoms with Gasteiger partial charge in [0.1, 0.15) is 0 Å². The third kappa shape index (κ3) is 4.07. The Hall–Kier alpha value is -2.33.